The molecular formula is C21H19ClN2O2. The number of carbonyl (C=O) groups excluding carboxylic acids is 1. The van der Waals surface area contributed by atoms with Crippen LogP contribution in [0.4, 0.5) is 0 Å². The van der Waals surface area contributed by atoms with Gasteiger partial charge in [-0.2, -0.15) is 0 Å². The molecule has 0 aliphatic carbocycles. The molecule has 0 bridgehead atoms. The lowest BCUT2D eigenvalue weighted by atomic mass is 10.0. The number of hydrogen-bond donors (Lipinski definition) is 1. The summed E-state index contributed by atoms with van der Waals surface area (Å²) in [6, 6.07) is 20.3. The first-order chi connectivity index (χ1) is 12.6. The van der Waals surface area contributed by atoms with Crippen LogP contribution < -0.4 is 10.1 Å². The van der Waals surface area contributed by atoms with Crippen molar-refractivity contribution in [2.45, 2.75) is 13.0 Å². The summed E-state index contributed by atoms with van der Waals surface area (Å²) in [6.45, 7) is 1.80. The fourth-order valence-electron chi connectivity index (χ4n) is 2.58. The van der Waals surface area contributed by atoms with Gasteiger partial charge in [0.05, 0.1) is 11.7 Å². The molecule has 1 amide bonds. The van der Waals surface area contributed by atoms with Gasteiger partial charge < -0.3 is 10.1 Å². The van der Waals surface area contributed by atoms with Gasteiger partial charge in [0.25, 0.3) is 5.91 Å². The minimum absolute atomic E-state index is 0.0861. The molecule has 1 atom stereocenters. The summed E-state index contributed by atoms with van der Waals surface area (Å²) in [5, 5.41) is 3.66. The zero-order valence-corrected chi connectivity index (χ0v) is 15.1. The van der Waals surface area contributed by atoms with Crippen molar-refractivity contribution in [3.63, 3.8) is 0 Å². The van der Waals surface area contributed by atoms with E-state index < -0.39 is 0 Å². The number of nitrogens with zero attached hydrogens (tertiary/aromatic N) is 1. The molecule has 0 aliphatic heterocycles. The minimum Gasteiger partial charge on any atom is -0.484 e. The Morgan fingerprint density at radius 1 is 1.12 bits per heavy atom. The number of aryl methyl sites for hydroxylation is 1. The molecule has 2 aromatic carbocycles. The van der Waals surface area contributed by atoms with Crippen molar-refractivity contribution in [3.8, 4) is 5.75 Å². The van der Waals surface area contributed by atoms with Crippen molar-refractivity contribution in [1.29, 1.82) is 0 Å². The smallest absolute Gasteiger partial charge is 0.258 e. The third-order valence-corrected chi connectivity index (χ3v) is 4.35. The van der Waals surface area contributed by atoms with Gasteiger partial charge in [0, 0.05) is 11.2 Å². The molecule has 0 aliphatic rings. The molecule has 1 N–H and O–H groups in total. The van der Waals surface area contributed by atoms with Crippen LogP contribution in [-0.4, -0.2) is 17.5 Å². The average Bonchev–Trinajstić information content (AvgIpc) is 2.68. The third-order valence-electron chi connectivity index (χ3n) is 3.92. The molecule has 1 aromatic heterocycles. The summed E-state index contributed by atoms with van der Waals surface area (Å²) in [7, 11) is 0. The lowest BCUT2D eigenvalue weighted by Gasteiger charge is -2.19. The Bertz CT molecular complexity index is 830. The summed E-state index contributed by atoms with van der Waals surface area (Å²) in [5.74, 6) is 0.383. The number of nitrogens with one attached hydrogen (secondary N) is 1. The van der Waals surface area contributed by atoms with Crippen molar-refractivity contribution in [2.75, 3.05) is 6.61 Å². The lowest BCUT2D eigenvalue weighted by Crippen LogP contribution is -2.33. The first-order valence-electron chi connectivity index (χ1n) is 8.27. The molecular weight excluding hydrogens is 348 g/mol. The zero-order valence-electron chi connectivity index (χ0n) is 14.4. The van der Waals surface area contributed by atoms with E-state index in [0.717, 1.165) is 16.8 Å². The SMILES string of the molecule is Cc1cc(OCC(=O)NC(c2ccccc2)c2ccccn2)ccc1Cl. The maximum absolute atomic E-state index is 12.4. The highest BCUT2D eigenvalue weighted by atomic mass is 35.5. The van der Waals surface area contributed by atoms with Gasteiger partial charge in [0.1, 0.15) is 5.75 Å². The van der Waals surface area contributed by atoms with Crippen LogP contribution in [0.2, 0.25) is 5.02 Å². The molecule has 0 saturated carbocycles. The van der Waals surface area contributed by atoms with Crippen LogP contribution >= 0.6 is 11.6 Å². The Kier molecular flexibility index (Phi) is 5.87. The maximum atomic E-state index is 12.4. The summed E-state index contributed by atoms with van der Waals surface area (Å²) in [5.41, 5.74) is 2.64. The predicted octanol–water partition coefficient (Wildman–Crippen LogP) is 4.33. The number of aromatic nitrogens is 1. The number of amides is 1. The third kappa shape index (κ3) is 4.61. The number of benzene rings is 2. The van der Waals surface area contributed by atoms with Gasteiger partial charge >= 0.3 is 0 Å². The van der Waals surface area contributed by atoms with E-state index in [1.807, 2.05) is 61.5 Å². The van der Waals surface area contributed by atoms with Gasteiger partial charge in [-0.25, -0.2) is 0 Å². The van der Waals surface area contributed by atoms with E-state index in [1.165, 1.54) is 0 Å². The van der Waals surface area contributed by atoms with Gasteiger partial charge in [-0.05, 0) is 48.4 Å². The molecule has 0 radical (unpaired) electrons. The first kappa shape index (κ1) is 18.0. The van der Waals surface area contributed by atoms with Crippen LogP contribution in [0.15, 0.2) is 72.9 Å². The Hall–Kier alpha value is -2.85. The second kappa shape index (κ2) is 8.50. The van der Waals surface area contributed by atoms with E-state index in [4.69, 9.17) is 16.3 Å². The molecule has 0 saturated heterocycles. The monoisotopic (exact) mass is 366 g/mol. The fraction of sp³-hybridized carbons (Fsp3) is 0.143. The Labute approximate surface area is 157 Å². The molecule has 0 fully saturated rings. The Morgan fingerprint density at radius 2 is 1.88 bits per heavy atom. The zero-order chi connectivity index (χ0) is 18.4. The Balaban J connectivity index is 1.70. The highest BCUT2D eigenvalue weighted by molar-refractivity contribution is 6.31. The number of pyridine rings is 1. The van der Waals surface area contributed by atoms with E-state index in [0.29, 0.717) is 10.8 Å². The molecule has 0 spiro atoms. The quantitative estimate of drug-likeness (QED) is 0.706. The topological polar surface area (TPSA) is 51.2 Å². The first-order valence-corrected chi connectivity index (χ1v) is 8.65. The van der Waals surface area contributed by atoms with Gasteiger partial charge in [-0.15, -0.1) is 0 Å². The standard InChI is InChI=1S/C21H19ClN2O2/c1-15-13-17(10-11-18(15)22)26-14-20(25)24-21(16-7-3-2-4-8-16)19-9-5-6-12-23-19/h2-13,21H,14H2,1H3,(H,24,25). The largest absolute Gasteiger partial charge is 0.484 e. The highest BCUT2D eigenvalue weighted by Gasteiger charge is 2.18. The van der Waals surface area contributed by atoms with Crippen LogP contribution in [0.3, 0.4) is 0 Å². The second-order valence-electron chi connectivity index (χ2n) is 5.87. The van der Waals surface area contributed by atoms with Crippen LogP contribution in [-0.2, 0) is 4.79 Å². The number of rotatable bonds is 6. The van der Waals surface area contributed by atoms with Gasteiger partial charge in [-0.1, -0.05) is 48.0 Å². The number of carbonyl (C=O) groups is 1. The average molecular weight is 367 g/mol. The molecule has 5 heteroatoms. The Morgan fingerprint density at radius 3 is 2.58 bits per heavy atom. The van der Waals surface area contributed by atoms with Crippen molar-refractivity contribution in [3.05, 3.63) is 94.8 Å². The summed E-state index contributed by atoms with van der Waals surface area (Å²) in [4.78, 5) is 16.8. The number of ether oxygens (including phenoxy) is 1. The van der Waals surface area contributed by atoms with Crippen molar-refractivity contribution in [1.82, 2.24) is 10.3 Å². The van der Waals surface area contributed by atoms with Gasteiger partial charge in [0.15, 0.2) is 6.61 Å². The molecule has 3 aromatic rings. The number of halogens is 1. The molecule has 4 nitrogen and oxygen atoms in total. The molecule has 3 rings (SSSR count). The van der Waals surface area contributed by atoms with Gasteiger partial charge in [-0.3, -0.25) is 9.78 Å². The van der Waals surface area contributed by atoms with Crippen molar-refractivity contribution >= 4 is 17.5 Å². The predicted molar refractivity (Wildman–Crippen MR) is 102 cm³/mol. The van der Waals surface area contributed by atoms with Gasteiger partial charge in [0.2, 0.25) is 0 Å². The fourth-order valence-corrected chi connectivity index (χ4v) is 2.70. The molecule has 1 unspecified atom stereocenters. The highest BCUT2D eigenvalue weighted by Crippen LogP contribution is 2.22. The summed E-state index contributed by atoms with van der Waals surface area (Å²) >= 11 is 6.01. The minimum atomic E-state index is -0.333. The summed E-state index contributed by atoms with van der Waals surface area (Å²) < 4.78 is 5.59. The van der Waals surface area contributed by atoms with Crippen LogP contribution in [0.1, 0.15) is 22.9 Å². The summed E-state index contributed by atoms with van der Waals surface area (Å²) in [6.07, 6.45) is 1.71. The van der Waals surface area contributed by atoms with Crippen LogP contribution in [0, 0.1) is 6.92 Å². The maximum Gasteiger partial charge on any atom is 0.258 e. The van der Waals surface area contributed by atoms with Crippen LogP contribution in [0.5, 0.6) is 5.75 Å². The lowest BCUT2D eigenvalue weighted by molar-refractivity contribution is -0.123. The van der Waals surface area contributed by atoms with E-state index in [1.54, 1.807) is 18.3 Å². The van der Waals surface area contributed by atoms with E-state index in [-0.39, 0.29) is 18.6 Å². The normalized spacial score (nSPS) is 11.6. The van der Waals surface area contributed by atoms with E-state index in [9.17, 15) is 4.79 Å². The molecule has 26 heavy (non-hydrogen) atoms. The van der Waals surface area contributed by atoms with Crippen LogP contribution in [0.25, 0.3) is 0 Å². The van der Waals surface area contributed by atoms with Crippen molar-refractivity contribution < 1.29 is 9.53 Å². The molecule has 132 valence electrons. The van der Waals surface area contributed by atoms with Crippen molar-refractivity contribution in [2.24, 2.45) is 0 Å². The second-order valence-corrected chi connectivity index (χ2v) is 6.27. The molecule has 1 heterocycles. The van der Waals surface area contributed by atoms with E-state index >= 15 is 0 Å². The van der Waals surface area contributed by atoms with E-state index in [2.05, 4.69) is 10.3 Å². The number of hydrogen-bond acceptors (Lipinski definition) is 3.